The Balaban J connectivity index is 1.73. The lowest BCUT2D eigenvalue weighted by Crippen LogP contribution is -2.50. The highest BCUT2D eigenvalue weighted by Gasteiger charge is 2.37. The maximum absolute atomic E-state index is 12.8. The van der Waals surface area contributed by atoms with Crippen LogP contribution in [0.15, 0.2) is 23.2 Å². The molecule has 1 aromatic carbocycles. The summed E-state index contributed by atoms with van der Waals surface area (Å²) in [6.07, 6.45) is 0.913. The molecule has 2 saturated heterocycles. The van der Waals surface area contributed by atoms with Crippen molar-refractivity contribution in [3.8, 4) is 0 Å². The van der Waals surface area contributed by atoms with E-state index in [9.17, 15) is 4.79 Å². The summed E-state index contributed by atoms with van der Waals surface area (Å²) in [5, 5.41) is 5.42. The highest BCUT2D eigenvalue weighted by atomic mass is 16.6. The molecular weight excluding hydrogens is 330 g/mol. The van der Waals surface area contributed by atoms with Gasteiger partial charge in [-0.05, 0) is 57.5 Å². The van der Waals surface area contributed by atoms with Crippen molar-refractivity contribution < 1.29 is 14.3 Å². The Morgan fingerprint density at radius 1 is 1.31 bits per heavy atom. The molecule has 3 aliphatic heterocycles. The van der Waals surface area contributed by atoms with Gasteiger partial charge in [0, 0.05) is 24.0 Å². The van der Waals surface area contributed by atoms with Crippen LogP contribution in [0.25, 0.3) is 5.57 Å². The van der Waals surface area contributed by atoms with Crippen molar-refractivity contribution >= 4 is 17.2 Å². The Kier molecular flexibility index (Phi) is 4.49. The average Bonchev–Trinajstić information content (AvgIpc) is 2.98. The molecule has 1 aromatic rings. The third-order valence-corrected chi connectivity index (χ3v) is 5.04. The van der Waals surface area contributed by atoms with E-state index in [4.69, 9.17) is 14.5 Å². The van der Waals surface area contributed by atoms with E-state index in [1.165, 1.54) is 5.69 Å². The number of hydrogen-bond acceptors (Lipinski definition) is 6. The van der Waals surface area contributed by atoms with Gasteiger partial charge in [-0.3, -0.25) is 4.99 Å². The SMILES string of the molecule is CC(C)(C)OC(=O)C1NCCC2N=c3ccc(N4CCOCC4)cc3=C21. The van der Waals surface area contributed by atoms with Gasteiger partial charge in [-0.1, -0.05) is 0 Å². The maximum atomic E-state index is 12.8. The fraction of sp³-hybridized carbons (Fsp3) is 0.600. The van der Waals surface area contributed by atoms with Gasteiger partial charge in [0.25, 0.3) is 0 Å². The minimum atomic E-state index is -0.500. The second kappa shape index (κ2) is 6.67. The van der Waals surface area contributed by atoms with Crippen LogP contribution >= 0.6 is 0 Å². The second-order valence-electron chi connectivity index (χ2n) is 8.11. The van der Waals surface area contributed by atoms with Gasteiger partial charge in [-0.15, -0.1) is 0 Å². The van der Waals surface area contributed by atoms with Crippen LogP contribution in [0, 0.1) is 0 Å². The zero-order chi connectivity index (χ0) is 18.3. The molecule has 2 unspecified atom stereocenters. The molecule has 140 valence electrons. The molecule has 6 heteroatoms. The normalized spacial score (nSPS) is 25.3. The summed E-state index contributed by atoms with van der Waals surface area (Å²) in [5.41, 5.74) is 1.74. The molecule has 0 bridgehead atoms. The number of hydrogen-bond donors (Lipinski definition) is 1. The van der Waals surface area contributed by atoms with E-state index in [1.807, 2.05) is 20.8 Å². The summed E-state index contributed by atoms with van der Waals surface area (Å²) in [4.78, 5) is 20.0. The van der Waals surface area contributed by atoms with Gasteiger partial charge >= 0.3 is 5.97 Å². The van der Waals surface area contributed by atoms with Crippen LogP contribution < -0.4 is 20.8 Å². The first-order valence-electron chi connectivity index (χ1n) is 9.43. The first kappa shape index (κ1) is 17.5. The van der Waals surface area contributed by atoms with Crippen molar-refractivity contribution in [2.45, 2.75) is 44.9 Å². The van der Waals surface area contributed by atoms with Crippen molar-refractivity contribution in [2.24, 2.45) is 4.99 Å². The Bertz CT molecular complexity index is 822. The van der Waals surface area contributed by atoms with Gasteiger partial charge in [0.15, 0.2) is 0 Å². The number of fused-ring (bicyclic) bond motifs is 2. The van der Waals surface area contributed by atoms with Crippen LogP contribution in [0.2, 0.25) is 0 Å². The van der Waals surface area contributed by atoms with Gasteiger partial charge in [0.2, 0.25) is 0 Å². The van der Waals surface area contributed by atoms with E-state index in [-0.39, 0.29) is 12.0 Å². The van der Waals surface area contributed by atoms with Crippen molar-refractivity contribution in [2.75, 3.05) is 37.7 Å². The highest BCUT2D eigenvalue weighted by molar-refractivity contribution is 5.90. The number of carbonyl (C=O) groups excluding carboxylic acids is 1. The Morgan fingerprint density at radius 3 is 2.81 bits per heavy atom. The quantitative estimate of drug-likeness (QED) is 0.776. The summed E-state index contributed by atoms with van der Waals surface area (Å²) in [7, 11) is 0. The highest BCUT2D eigenvalue weighted by Crippen LogP contribution is 2.24. The summed E-state index contributed by atoms with van der Waals surface area (Å²) in [6.45, 7) is 9.76. The fourth-order valence-electron chi connectivity index (χ4n) is 3.92. The number of esters is 1. The molecular formula is C20H27N3O3. The number of ether oxygens (including phenoxy) is 2. The Hall–Kier alpha value is -1.92. The summed E-state index contributed by atoms with van der Waals surface area (Å²) in [6, 6.07) is 6.05. The lowest BCUT2D eigenvalue weighted by atomic mass is 9.92. The summed E-state index contributed by atoms with van der Waals surface area (Å²) in [5.74, 6) is -0.211. The van der Waals surface area contributed by atoms with E-state index < -0.39 is 11.6 Å². The van der Waals surface area contributed by atoms with E-state index in [2.05, 4.69) is 28.4 Å². The number of nitrogens with zero attached hydrogens (tertiary/aromatic N) is 2. The molecule has 0 spiro atoms. The molecule has 2 atom stereocenters. The van der Waals surface area contributed by atoms with Gasteiger partial charge < -0.3 is 19.7 Å². The lowest BCUT2D eigenvalue weighted by molar-refractivity contribution is -0.156. The fourth-order valence-corrected chi connectivity index (χ4v) is 3.92. The molecule has 0 aliphatic carbocycles. The van der Waals surface area contributed by atoms with Crippen molar-refractivity contribution in [1.29, 1.82) is 0 Å². The van der Waals surface area contributed by atoms with Crippen LogP contribution in [-0.4, -0.2) is 56.5 Å². The molecule has 3 heterocycles. The van der Waals surface area contributed by atoms with Gasteiger partial charge in [-0.25, -0.2) is 4.79 Å². The van der Waals surface area contributed by atoms with Crippen LogP contribution in [0.3, 0.4) is 0 Å². The van der Waals surface area contributed by atoms with Crippen molar-refractivity contribution in [1.82, 2.24) is 5.32 Å². The molecule has 0 saturated carbocycles. The zero-order valence-corrected chi connectivity index (χ0v) is 15.7. The predicted molar refractivity (Wildman–Crippen MR) is 99.7 cm³/mol. The number of rotatable bonds is 2. The topological polar surface area (TPSA) is 63.2 Å². The summed E-state index contributed by atoms with van der Waals surface area (Å²) >= 11 is 0. The smallest absolute Gasteiger partial charge is 0.328 e. The third kappa shape index (κ3) is 3.35. The van der Waals surface area contributed by atoms with Crippen LogP contribution in [0.1, 0.15) is 27.2 Å². The average molecular weight is 357 g/mol. The molecule has 4 rings (SSSR count). The number of piperidine rings is 1. The Labute approximate surface area is 153 Å². The van der Waals surface area contributed by atoms with E-state index >= 15 is 0 Å². The number of anilines is 1. The van der Waals surface area contributed by atoms with E-state index in [0.29, 0.717) is 0 Å². The summed E-state index contributed by atoms with van der Waals surface area (Å²) < 4.78 is 11.1. The van der Waals surface area contributed by atoms with Crippen molar-refractivity contribution in [3.05, 3.63) is 28.8 Å². The minimum absolute atomic E-state index is 0.0729. The van der Waals surface area contributed by atoms with E-state index in [1.54, 1.807) is 0 Å². The molecule has 26 heavy (non-hydrogen) atoms. The van der Waals surface area contributed by atoms with Gasteiger partial charge in [0.05, 0.1) is 24.6 Å². The largest absolute Gasteiger partial charge is 0.459 e. The standard InChI is InChI=1S/C20H27N3O3/c1-20(2,3)26-19(24)18-17-14-12-13(23-8-10-25-11-9-23)4-5-15(14)22-16(17)6-7-21-18/h4-5,12,16,18,21H,6-11H2,1-3H3. The van der Waals surface area contributed by atoms with E-state index in [0.717, 1.165) is 55.4 Å². The van der Waals surface area contributed by atoms with Gasteiger partial charge in [-0.2, -0.15) is 0 Å². The molecule has 0 amide bonds. The number of benzene rings is 1. The number of carbonyl (C=O) groups is 1. The molecule has 2 fully saturated rings. The lowest BCUT2D eigenvalue weighted by Gasteiger charge is -2.31. The first-order chi connectivity index (χ1) is 12.4. The molecule has 3 aliphatic rings. The van der Waals surface area contributed by atoms with Gasteiger partial charge in [0.1, 0.15) is 11.6 Å². The van der Waals surface area contributed by atoms with Crippen LogP contribution in [-0.2, 0) is 14.3 Å². The first-order valence-corrected chi connectivity index (χ1v) is 9.43. The minimum Gasteiger partial charge on any atom is -0.459 e. The van der Waals surface area contributed by atoms with Crippen LogP contribution in [0.5, 0.6) is 0 Å². The maximum Gasteiger partial charge on any atom is 0.328 e. The Morgan fingerprint density at radius 2 is 2.08 bits per heavy atom. The number of nitrogens with one attached hydrogen (secondary N) is 1. The van der Waals surface area contributed by atoms with Crippen LogP contribution in [0.4, 0.5) is 5.69 Å². The molecule has 0 aromatic heterocycles. The molecule has 6 nitrogen and oxygen atoms in total. The molecule has 0 radical (unpaired) electrons. The van der Waals surface area contributed by atoms with Crippen molar-refractivity contribution in [3.63, 3.8) is 0 Å². The third-order valence-electron chi connectivity index (χ3n) is 5.04. The number of morpholine rings is 1. The second-order valence-corrected chi connectivity index (χ2v) is 8.11. The molecule has 1 N–H and O–H groups in total. The predicted octanol–water partition coefficient (Wildman–Crippen LogP) is 0.379. The zero-order valence-electron chi connectivity index (χ0n) is 15.7. The monoisotopic (exact) mass is 357 g/mol.